The number of benzene rings is 2. The van der Waals surface area contributed by atoms with Crippen LogP contribution in [0.15, 0.2) is 48.5 Å². The van der Waals surface area contributed by atoms with E-state index in [-0.39, 0.29) is 38.7 Å². The Morgan fingerprint density at radius 1 is 0.660 bits per heavy atom. The number of rotatable bonds is 6. The van der Waals surface area contributed by atoms with E-state index in [0.717, 1.165) is 36.4 Å². The number of nitrogens with zero attached hydrogens (tertiary/aromatic N) is 6. The van der Waals surface area contributed by atoms with Crippen LogP contribution in [0, 0.1) is 34.1 Å². The van der Waals surface area contributed by atoms with Crippen molar-refractivity contribution in [3.8, 4) is 22.5 Å². The minimum Gasteiger partial charge on any atom is -0.258 e. The molecule has 0 saturated heterocycles. The molecular weight excluding hydrogens is 726 g/mol. The smallest absolute Gasteiger partial charge is 0.258 e. The van der Waals surface area contributed by atoms with Gasteiger partial charge in [0.25, 0.3) is 11.4 Å². The molecule has 0 aliphatic heterocycles. The number of alkyl halides is 14. The molecule has 2 heterocycles. The minimum absolute atomic E-state index is 0.0141. The average molecular weight is 742 g/mol. The topological polar surface area (TPSA) is 122 Å². The van der Waals surface area contributed by atoms with Crippen LogP contribution < -0.4 is 0 Å². The first-order valence-electron chi connectivity index (χ1n) is 12.9. The van der Waals surface area contributed by atoms with E-state index in [0.29, 0.717) is 6.07 Å². The maximum atomic E-state index is 13.4. The van der Waals surface area contributed by atoms with Crippen molar-refractivity contribution >= 4 is 11.4 Å². The maximum absolute atomic E-state index is 13.4. The van der Waals surface area contributed by atoms with E-state index in [1.54, 1.807) is 0 Å². The summed E-state index contributed by atoms with van der Waals surface area (Å²) in [7, 11) is 0. The van der Waals surface area contributed by atoms with Crippen LogP contribution in [-0.4, -0.2) is 41.8 Å². The maximum Gasteiger partial charge on any atom is 0.477 e. The molecule has 0 aliphatic rings. The zero-order valence-electron chi connectivity index (χ0n) is 24.4. The second-order valence-corrected chi connectivity index (χ2v) is 10.1. The van der Waals surface area contributed by atoms with Crippen molar-refractivity contribution in [2.45, 2.75) is 51.1 Å². The lowest BCUT2D eigenvalue weighted by Gasteiger charge is -2.22. The van der Waals surface area contributed by atoms with Crippen molar-refractivity contribution in [1.29, 1.82) is 0 Å². The third-order valence-electron chi connectivity index (χ3n) is 6.38. The number of nitro groups is 2. The fraction of sp³-hybridized carbons (Fsp3) is 0.308. The lowest BCUT2D eigenvalue weighted by Crippen LogP contribution is -2.42. The van der Waals surface area contributed by atoms with E-state index in [9.17, 15) is 81.7 Å². The highest BCUT2D eigenvalue weighted by atomic mass is 19.4. The quantitative estimate of drug-likeness (QED) is 0.110. The van der Waals surface area contributed by atoms with Crippen molar-refractivity contribution < 1.29 is 71.3 Å². The Labute approximate surface area is 267 Å². The summed E-state index contributed by atoms with van der Waals surface area (Å²) in [5, 5.41) is 27.2. The fourth-order valence-corrected chi connectivity index (χ4v) is 4.18. The molecule has 4 aromatic rings. The van der Waals surface area contributed by atoms with Gasteiger partial charge in [0.2, 0.25) is 0 Å². The molecule has 0 spiro atoms. The van der Waals surface area contributed by atoms with Gasteiger partial charge in [0, 0.05) is 34.4 Å². The summed E-state index contributed by atoms with van der Waals surface area (Å²) < 4.78 is 177. The summed E-state index contributed by atoms with van der Waals surface area (Å²) in [5.74, 6) is 0. The summed E-state index contributed by atoms with van der Waals surface area (Å²) in [4.78, 5) is 20.0. The fourth-order valence-electron chi connectivity index (χ4n) is 4.18. The van der Waals surface area contributed by atoms with E-state index in [1.165, 1.54) is 13.8 Å². The van der Waals surface area contributed by atoms with Crippen LogP contribution in [0.3, 0.4) is 0 Å². The molecule has 50 heavy (non-hydrogen) atoms. The van der Waals surface area contributed by atoms with Gasteiger partial charge in [-0.3, -0.25) is 24.9 Å². The average Bonchev–Trinajstić information content (AvgIpc) is 3.57. The number of nitro benzene ring substituents is 2. The number of aromatic nitrogens is 4. The normalized spacial score (nSPS) is 12.8. The van der Waals surface area contributed by atoms with Crippen LogP contribution >= 0.6 is 0 Å². The van der Waals surface area contributed by atoms with Crippen molar-refractivity contribution in [2.75, 3.05) is 0 Å². The van der Waals surface area contributed by atoms with Gasteiger partial charge in [-0.2, -0.15) is 76.3 Å². The van der Waals surface area contributed by atoms with Crippen LogP contribution in [0.5, 0.6) is 0 Å². The van der Waals surface area contributed by atoms with Crippen LogP contribution in [0.4, 0.5) is 72.8 Å². The van der Waals surface area contributed by atoms with Gasteiger partial charge in [-0.05, 0) is 50.2 Å². The molecule has 0 aliphatic carbocycles. The zero-order valence-corrected chi connectivity index (χ0v) is 24.4. The number of aryl methyl sites for hydroxylation is 2. The first-order chi connectivity index (χ1) is 22.5. The Morgan fingerprint density at radius 3 is 1.54 bits per heavy atom. The molecule has 10 nitrogen and oxygen atoms in total. The zero-order chi connectivity index (χ0) is 38.4. The summed E-state index contributed by atoms with van der Waals surface area (Å²) in [5.41, 5.74) is -6.05. The second kappa shape index (κ2) is 13.2. The molecule has 4 rings (SSSR count). The predicted octanol–water partition coefficient (Wildman–Crippen LogP) is 9.24. The van der Waals surface area contributed by atoms with Gasteiger partial charge >= 0.3 is 30.8 Å². The summed E-state index contributed by atoms with van der Waals surface area (Å²) in [6, 6.07) is 0.540. The van der Waals surface area contributed by atoms with E-state index >= 15 is 0 Å². The summed E-state index contributed by atoms with van der Waals surface area (Å²) in [6.07, 6.45) is -21.6. The van der Waals surface area contributed by atoms with Gasteiger partial charge < -0.3 is 0 Å². The highest BCUT2D eigenvalue weighted by Crippen LogP contribution is 2.44. The largest absolute Gasteiger partial charge is 0.477 e. The Morgan fingerprint density at radius 2 is 1.14 bits per heavy atom. The van der Waals surface area contributed by atoms with E-state index in [4.69, 9.17) is 0 Å². The van der Waals surface area contributed by atoms with Crippen LogP contribution in [-0.2, 0) is 24.9 Å². The molecule has 0 saturated carbocycles. The molecule has 0 radical (unpaired) electrons. The lowest BCUT2D eigenvalue weighted by atomic mass is 10.1. The van der Waals surface area contributed by atoms with Crippen molar-refractivity contribution in [1.82, 2.24) is 19.6 Å². The van der Waals surface area contributed by atoms with Crippen molar-refractivity contribution in [3.05, 3.63) is 91.3 Å². The van der Waals surface area contributed by atoms with Gasteiger partial charge in [0.05, 0.1) is 21.2 Å². The molecule has 0 fully saturated rings. The minimum atomic E-state index is -6.32. The Bertz CT molecular complexity index is 1910. The van der Waals surface area contributed by atoms with Gasteiger partial charge in [0.15, 0.2) is 5.69 Å². The molecule has 0 unspecified atom stereocenters. The number of hydrogen-bond acceptors (Lipinski definition) is 6. The first kappa shape index (κ1) is 39.1. The van der Waals surface area contributed by atoms with Crippen LogP contribution in [0.25, 0.3) is 22.5 Å². The second-order valence-electron chi connectivity index (χ2n) is 10.1. The molecule has 0 atom stereocenters. The highest BCUT2D eigenvalue weighted by molar-refractivity contribution is 5.65. The van der Waals surface area contributed by atoms with E-state index in [2.05, 4.69) is 10.2 Å². The molecule has 0 N–H and O–H groups in total. The van der Waals surface area contributed by atoms with E-state index < -0.39 is 80.3 Å². The van der Waals surface area contributed by atoms with Crippen LogP contribution in [0.1, 0.15) is 22.5 Å². The Kier molecular flexibility index (Phi) is 10.3. The summed E-state index contributed by atoms with van der Waals surface area (Å²) in [6.45, 7) is 0.832. The number of halogens is 14. The molecule has 272 valence electrons. The Balaban J connectivity index is 0.000000271. The monoisotopic (exact) mass is 742 g/mol. The van der Waals surface area contributed by atoms with Crippen molar-refractivity contribution in [2.24, 2.45) is 0 Å². The summed E-state index contributed by atoms with van der Waals surface area (Å²) >= 11 is 0. The van der Waals surface area contributed by atoms with Gasteiger partial charge in [-0.1, -0.05) is 0 Å². The van der Waals surface area contributed by atoms with Gasteiger partial charge in [-0.15, -0.1) is 0 Å². The van der Waals surface area contributed by atoms with E-state index in [1.807, 2.05) is 0 Å². The standard InChI is InChI=1S/C13H7F8N3O2.C13H9F6N3O2/c1-6-4-7(2-3-9(6)24(25)26)8-5-10(11(14,15)16)23(22-8)13(20,21)12(17,18)19;1-7-4-8(2-3-9(7)22(23)24)10-5-11(13(17,18)19)20-21(10)6-12(14,15)16/h2-5H,1H3;2-5H,6H2,1H3. The first-order valence-corrected chi connectivity index (χ1v) is 12.9. The molecular formula is C26H16F14N6O4. The number of hydrogen-bond donors (Lipinski definition) is 0. The molecule has 24 heteroatoms. The van der Waals surface area contributed by atoms with Gasteiger partial charge in [-0.25, -0.2) is 0 Å². The highest BCUT2D eigenvalue weighted by Gasteiger charge is 2.62. The SMILES string of the molecule is Cc1cc(-c2cc(C(F)(F)F)n(C(F)(F)C(F)(F)F)n2)ccc1[N+](=O)[O-].Cc1cc(-c2cc(C(F)(F)F)nn2CC(F)(F)F)ccc1[N+](=O)[O-]. The van der Waals surface area contributed by atoms with Crippen molar-refractivity contribution in [3.63, 3.8) is 0 Å². The van der Waals surface area contributed by atoms with Crippen LogP contribution in [0.2, 0.25) is 0 Å². The molecule has 0 amide bonds. The predicted molar refractivity (Wildman–Crippen MR) is 140 cm³/mol. The lowest BCUT2D eigenvalue weighted by molar-refractivity contribution is -0.385. The molecule has 2 aromatic carbocycles. The third kappa shape index (κ3) is 8.63. The van der Waals surface area contributed by atoms with Gasteiger partial charge in [0.1, 0.15) is 12.2 Å². The Hall–Kier alpha value is -5.32. The molecule has 2 aromatic heterocycles. The molecule has 0 bridgehead atoms. The third-order valence-corrected chi connectivity index (χ3v) is 6.38.